The third kappa shape index (κ3) is 8.57. The Kier molecular flexibility index (Phi) is 13.8. The van der Waals surface area contributed by atoms with Crippen molar-refractivity contribution in [1.82, 2.24) is 4.90 Å². The molecule has 5 aromatic rings. The summed E-state index contributed by atoms with van der Waals surface area (Å²) < 4.78 is 29.0. The first-order valence-electron chi connectivity index (χ1n) is 22.7. The molecule has 9 rings (SSSR count). The number of benzene rings is 5. The van der Waals surface area contributed by atoms with Crippen molar-refractivity contribution in [2.45, 2.75) is 36.1 Å². The zero-order valence-corrected chi connectivity index (χ0v) is 37.5. The Morgan fingerprint density at radius 3 is 2.22 bits per heavy atom. The smallest absolute Gasteiger partial charge is 0.421 e. The van der Waals surface area contributed by atoms with Crippen LogP contribution >= 0.6 is 0 Å². The van der Waals surface area contributed by atoms with Gasteiger partial charge >= 0.3 is 12.1 Å². The van der Waals surface area contributed by atoms with Crippen LogP contribution in [0.3, 0.4) is 0 Å². The van der Waals surface area contributed by atoms with Crippen LogP contribution in [0.5, 0.6) is 5.75 Å². The van der Waals surface area contributed by atoms with E-state index >= 15 is 14.4 Å². The van der Waals surface area contributed by atoms with Gasteiger partial charge in [-0.1, -0.05) is 84.6 Å². The Labute approximate surface area is 394 Å². The van der Waals surface area contributed by atoms with Crippen LogP contribution in [-0.2, 0) is 38.7 Å². The summed E-state index contributed by atoms with van der Waals surface area (Å²) in [5, 5.41) is 22.5. The predicted octanol–water partition coefficient (Wildman–Crippen LogP) is 5.72. The molecule has 5 aromatic carbocycles. The third-order valence-electron chi connectivity index (χ3n) is 13.0. The van der Waals surface area contributed by atoms with Crippen molar-refractivity contribution in [3.63, 3.8) is 0 Å². The van der Waals surface area contributed by atoms with Crippen molar-refractivity contribution in [3.8, 4) is 17.6 Å². The van der Waals surface area contributed by atoms with E-state index in [1.807, 2.05) is 77.7 Å². The van der Waals surface area contributed by atoms with Crippen LogP contribution in [0.15, 0.2) is 127 Å². The summed E-state index contributed by atoms with van der Waals surface area (Å²) >= 11 is 0. The number of fused-ring (bicyclic) bond motifs is 3. The Morgan fingerprint density at radius 1 is 0.794 bits per heavy atom. The average molecular weight is 921 g/mol. The van der Waals surface area contributed by atoms with E-state index in [1.54, 1.807) is 54.6 Å². The Hall–Kier alpha value is -7.06. The summed E-state index contributed by atoms with van der Waals surface area (Å²) in [7, 11) is 1.46. The molecule has 0 aromatic heterocycles. The van der Waals surface area contributed by atoms with Crippen molar-refractivity contribution in [1.29, 1.82) is 0 Å². The zero-order chi connectivity index (χ0) is 47.2. The van der Waals surface area contributed by atoms with Crippen molar-refractivity contribution in [3.05, 3.63) is 155 Å². The van der Waals surface area contributed by atoms with Crippen LogP contribution in [0, 0.1) is 17.8 Å². The van der Waals surface area contributed by atoms with Gasteiger partial charge in [0.2, 0.25) is 11.8 Å². The first-order valence-corrected chi connectivity index (χ1v) is 22.7. The lowest BCUT2D eigenvalue weighted by Crippen LogP contribution is -2.54. The lowest BCUT2D eigenvalue weighted by molar-refractivity contribution is -0.177. The molecule has 4 heterocycles. The number of imide groups is 1. The molecule has 0 bridgehead atoms. The van der Waals surface area contributed by atoms with E-state index < -0.39 is 59.4 Å². The van der Waals surface area contributed by atoms with E-state index in [2.05, 4.69) is 22.1 Å². The third-order valence-corrected chi connectivity index (χ3v) is 13.0. The molecule has 15 nitrogen and oxygen atoms in total. The zero-order valence-electron chi connectivity index (χ0n) is 37.5. The van der Waals surface area contributed by atoms with Gasteiger partial charge in [-0.3, -0.25) is 19.3 Å². The number of hydrogen-bond donors (Lipinski definition) is 3. The standard InChI is InChI=1S/C53H52N4O11/c1-64-31-32-67-52(63)56-43-23-18-35(11-8-9-26-58)33-42(43)53(51(56)62)44(49(60)54-39-19-21-40(22-20-39)55-24-28-65-29-25-55)46-50(61)68-47(37-14-6-3-7-15-37)45(36-12-4-2-5-13-36)57(46)48(53)38-16-10-17-41(34-38)66-30-27-59/h2-7,10,12-23,33-34,44-48,58-59H,9,24-32H2,1H3,(H,54,60). The van der Waals surface area contributed by atoms with Crippen molar-refractivity contribution < 1.29 is 53.1 Å². The number of cyclic esters (lactones) is 1. The van der Waals surface area contributed by atoms with Gasteiger partial charge in [0.1, 0.15) is 36.5 Å². The number of methoxy groups -OCH3 is 1. The topological polar surface area (TPSA) is 177 Å². The van der Waals surface area contributed by atoms with E-state index in [4.69, 9.17) is 23.7 Å². The molecule has 3 saturated heterocycles. The van der Waals surface area contributed by atoms with E-state index in [-0.39, 0.29) is 50.7 Å². The van der Waals surface area contributed by atoms with Crippen LogP contribution in [0.25, 0.3) is 0 Å². The molecule has 4 aliphatic heterocycles. The quantitative estimate of drug-likeness (QED) is 0.0744. The minimum Gasteiger partial charge on any atom is -0.491 e. The predicted molar refractivity (Wildman–Crippen MR) is 251 cm³/mol. The highest BCUT2D eigenvalue weighted by atomic mass is 16.6. The van der Waals surface area contributed by atoms with Crippen LogP contribution in [-0.4, -0.2) is 111 Å². The summed E-state index contributed by atoms with van der Waals surface area (Å²) in [6, 6.07) is 34.6. The molecule has 0 radical (unpaired) electrons. The Bertz CT molecular complexity index is 2690. The van der Waals surface area contributed by atoms with Crippen LogP contribution in [0.4, 0.5) is 21.9 Å². The number of carbonyl (C=O) groups excluding carboxylic acids is 4. The number of amides is 3. The number of carbonyl (C=O) groups is 4. The van der Waals surface area contributed by atoms with Gasteiger partial charge in [0, 0.05) is 43.6 Å². The summed E-state index contributed by atoms with van der Waals surface area (Å²) in [5.74, 6) is 2.59. The second kappa shape index (κ2) is 20.4. The molecule has 0 saturated carbocycles. The molecular formula is C53H52N4O11. The second-order valence-corrected chi connectivity index (χ2v) is 16.8. The fraction of sp³-hybridized carbons (Fsp3) is 0.321. The molecule has 68 heavy (non-hydrogen) atoms. The van der Waals surface area contributed by atoms with Gasteiger partial charge in [0.05, 0.1) is 56.7 Å². The number of aliphatic hydroxyl groups is 2. The van der Waals surface area contributed by atoms with Gasteiger partial charge in [0.15, 0.2) is 0 Å². The highest BCUT2D eigenvalue weighted by molar-refractivity contribution is 6.24. The van der Waals surface area contributed by atoms with E-state index in [9.17, 15) is 15.0 Å². The minimum atomic E-state index is -2.08. The number of nitrogens with zero attached hydrogens (tertiary/aromatic N) is 3. The highest BCUT2D eigenvalue weighted by Gasteiger charge is 2.76. The summed E-state index contributed by atoms with van der Waals surface area (Å²) in [5.41, 5.74) is 1.97. The molecular weight excluding hydrogens is 869 g/mol. The van der Waals surface area contributed by atoms with Gasteiger partial charge in [-0.2, -0.15) is 0 Å². The molecule has 350 valence electrons. The first-order chi connectivity index (χ1) is 33.3. The van der Waals surface area contributed by atoms with Gasteiger partial charge < -0.3 is 44.1 Å². The number of hydrogen-bond acceptors (Lipinski definition) is 13. The van der Waals surface area contributed by atoms with Crippen molar-refractivity contribution in [2.24, 2.45) is 5.92 Å². The number of nitrogens with one attached hydrogen (secondary N) is 1. The maximum atomic E-state index is 16.4. The summed E-state index contributed by atoms with van der Waals surface area (Å²) in [6.07, 6.45) is -1.78. The molecule has 3 fully saturated rings. The monoisotopic (exact) mass is 920 g/mol. The van der Waals surface area contributed by atoms with Crippen LogP contribution in [0.1, 0.15) is 52.4 Å². The molecule has 6 atom stereocenters. The van der Waals surface area contributed by atoms with E-state index in [0.717, 1.165) is 16.2 Å². The lowest BCUT2D eigenvalue weighted by atomic mass is 9.65. The molecule has 3 amide bonds. The van der Waals surface area contributed by atoms with Gasteiger partial charge in [-0.05, 0) is 76.9 Å². The number of aliphatic hydroxyl groups excluding tert-OH is 2. The molecule has 6 unspecified atom stereocenters. The summed E-state index contributed by atoms with van der Waals surface area (Å²) in [6.45, 7) is 1.96. The number of rotatable bonds is 13. The maximum absolute atomic E-state index is 16.4. The van der Waals surface area contributed by atoms with Crippen molar-refractivity contribution in [2.75, 3.05) is 81.6 Å². The van der Waals surface area contributed by atoms with Crippen LogP contribution < -0.4 is 19.9 Å². The van der Waals surface area contributed by atoms with Crippen LogP contribution in [0.2, 0.25) is 0 Å². The SMILES string of the molecule is COCCOC(=O)N1C(=O)C2(c3cc(C#CCCO)ccc31)C(C(=O)Nc1ccc(N3CCOCC3)cc1)C1C(=O)OC(c3ccccc3)C(c3ccccc3)N1C2c1cccc(OCCO)c1. The van der Waals surface area contributed by atoms with Gasteiger partial charge in [0.25, 0.3) is 0 Å². The normalized spacial score (nSPS) is 23.0. The molecule has 3 N–H and O–H groups in total. The van der Waals surface area contributed by atoms with E-state index in [0.29, 0.717) is 54.4 Å². The van der Waals surface area contributed by atoms with Gasteiger partial charge in [-0.15, -0.1) is 0 Å². The molecule has 4 aliphatic rings. The maximum Gasteiger partial charge on any atom is 0.421 e. The largest absolute Gasteiger partial charge is 0.491 e. The number of ether oxygens (including phenoxy) is 5. The second-order valence-electron chi connectivity index (χ2n) is 16.8. The lowest BCUT2D eigenvalue weighted by Gasteiger charge is -2.46. The summed E-state index contributed by atoms with van der Waals surface area (Å²) in [4.78, 5) is 67.2. The Balaban J connectivity index is 1.32. The fourth-order valence-corrected chi connectivity index (χ4v) is 10.2. The first kappa shape index (κ1) is 46.1. The van der Waals surface area contributed by atoms with E-state index in [1.165, 1.54) is 7.11 Å². The fourth-order valence-electron chi connectivity index (χ4n) is 10.2. The molecule has 15 heteroatoms. The highest BCUT2D eigenvalue weighted by Crippen LogP contribution is 2.66. The Morgan fingerprint density at radius 2 is 1.51 bits per heavy atom. The molecule has 1 spiro atoms. The van der Waals surface area contributed by atoms with Gasteiger partial charge in [-0.25, -0.2) is 9.69 Å². The number of morpholine rings is 2. The minimum absolute atomic E-state index is 0.0330. The van der Waals surface area contributed by atoms with Crippen molar-refractivity contribution >= 4 is 40.9 Å². The molecule has 0 aliphatic carbocycles. The number of anilines is 3. The number of esters is 1. The average Bonchev–Trinajstić information content (AvgIpc) is 3.83.